The third-order valence-corrected chi connectivity index (χ3v) is 5.88. The second kappa shape index (κ2) is 9.50. The van der Waals surface area contributed by atoms with E-state index in [1.165, 1.54) is 10.4 Å². The van der Waals surface area contributed by atoms with Crippen molar-refractivity contribution in [3.05, 3.63) is 63.4 Å². The molecule has 0 bridgehead atoms. The van der Waals surface area contributed by atoms with E-state index in [4.69, 9.17) is 5.10 Å². The number of nitrogens with one attached hydrogen (secondary N) is 2. The van der Waals surface area contributed by atoms with Crippen molar-refractivity contribution in [2.45, 2.75) is 40.2 Å². The van der Waals surface area contributed by atoms with Crippen LogP contribution in [0.1, 0.15) is 33.8 Å². The topological polar surface area (TPSA) is 67.1 Å². The third kappa shape index (κ3) is 4.78. The number of nitrogens with zero attached hydrogens (tertiary/aromatic N) is 4. The summed E-state index contributed by atoms with van der Waals surface area (Å²) in [5.41, 5.74) is 4.44. The van der Waals surface area contributed by atoms with Gasteiger partial charge < -0.3 is 10.6 Å². The van der Waals surface area contributed by atoms with Crippen LogP contribution in [0.2, 0.25) is 0 Å². The molecule has 7 heteroatoms. The van der Waals surface area contributed by atoms with Gasteiger partial charge in [0.1, 0.15) is 0 Å². The lowest BCUT2D eigenvalue weighted by atomic mass is 10.2. The van der Waals surface area contributed by atoms with Crippen LogP contribution in [-0.4, -0.2) is 34.3 Å². The highest BCUT2D eigenvalue weighted by atomic mass is 32.1. The molecule has 3 aromatic rings. The largest absolute Gasteiger partial charge is 0.356 e. The van der Waals surface area contributed by atoms with Crippen LogP contribution in [0.3, 0.4) is 0 Å². The fourth-order valence-corrected chi connectivity index (χ4v) is 3.92. The molecule has 0 aliphatic carbocycles. The smallest absolute Gasteiger partial charge is 0.191 e. The van der Waals surface area contributed by atoms with E-state index in [0.29, 0.717) is 6.54 Å². The Kier molecular flexibility index (Phi) is 6.81. The maximum atomic E-state index is 4.71. The molecule has 2 heterocycles. The lowest BCUT2D eigenvalue weighted by molar-refractivity contribution is 0.786. The van der Waals surface area contributed by atoms with E-state index in [9.17, 15) is 0 Å². The Morgan fingerprint density at radius 2 is 1.96 bits per heavy atom. The standard InChI is InChI=1S/C21H28N6S/c1-5-18-13-24-20(28-18)11-12-23-21(22-4)25-14-19-15(2)26-27(16(19)3)17-9-7-6-8-10-17/h6-10,13H,5,11-12,14H2,1-4H3,(H2,22,23,25). The fraction of sp³-hybridized carbons (Fsp3) is 0.381. The van der Waals surface area contributed by atoms with Gasteiger partial charge in [0.2, 0.25) is 0 Å². The number of aromatic nitrogens is 3. The summed E-state index contributed by atoms with van der Waals surface area (Å²) in [5.74, 6) is 0.790. The zero-order valence-corrected chi connectivity index (χ0v) is 17.8. The first-order chi connectivity index (χ1) is 13.6. The lowest BCUT2D eigenvalue weighted by Crippen LogP contribution is -2.38. The maximum absolute atomic E-state index is 4.71. The van der Waals surface area contributed by atoms with Gasteiger partial charge in [0, 0.05) is 48.9 Å². The van der Waals surface area contributed by atoms with Gasteiger partial charge in [0.25, 0.3) is 0 Å². The quantitative estimate of drug-likeness (QED) is 0.474. The molecular weight excluding hydrogens is 368 g/mol. The second-order valence-electron chi connectivity index (χ2n) is 6.57. The van der Waals surface area contributed by atoms with Crippen molar-refractivity contribution in [2.24, 2.45) is 4.99 Å². The Bertz CT molecular complexity index is 926. The molecule has 2 aromatic heterocycles. The summed E-state index contributed by atoms with van der Waals surface area (Å²) in [6.45, 7) is 7.80. The molecule has 0 aliphatic heterocycles. The van der Waals surface area contributed by atoms with Crippen molar-refractivity contribution in [1.82, 2.24) is 25.4 Å². The molecule has 0 amide bonds. The first kappa shape index (κ1) is 20.1. The van der Waals surface area contributed by atoms with Crippen LogP contribution in [0.5, 0.6) is 0 Å². The van der Waals surface area contributed by atoms with Crippen molar-refractivity contribution < 1.29 is 0 Å². The SMILES string of the molecule is CCc1cnc(CCNC(=NC)NCc2c(C)nn(-c3ccccc3)c2C)s1. The Morgan fingerprint density at radius 1 is 1.18 bits per heavy atom. The highest BCUT2D eigenvalue weighted by molar-refractivity contribution is 7.11. The summed E-state index contributed by atoms with van der Waals surface area (Å²) in [6.07, 6.45) is 3.92. The van der Waals surface area contributed by atoms with Crippen molar-refractivity contribution in [3.8, 4) is 5.69 Å². The second-order valence-corrected chi connectivity index (χ2v) is 7.77. The molecule has 0 fully saturated rings. The highest BCUT2D eigenvalue weighted by Gasteiger charge is 2.13. The Hall–Kier alpha value is -2.67. The van der Waals surface area contributed by atoms with Gasteiger partial charge in [-0.05, 0) is 32.4 Å². The molecular formula is C21H28N6S. The number of aliphatic imine (C=N–C) groups is 1. The van der Waals surface area contributed by atoms with Crippen molar-refractivity contribution >= 4 is 17.3 Å². The summed E-state index contributed by atoms with van der Waals surface area (Å²) in [6, 6.07) is 10.2. The molecule has 2 N–H and O–H groups in total. The number of rotatable bonds is 7. The van der Waals surface area contributed by atoms with Gasteiger partial charge in [0.05, 0.1) is 16.4 Å². The van der Waals surface area contributed by atoms with Gasteiger partial charge in [-0.3, -0.25) is 4.99 Å². The minimum Gasteiger partial charge on any atom is -0.356 e. The number of para-hydroxylation sites is 1. The third-order valence-electron chi connectivity index (χ3n) is 4.68. The van der Waals surface area contributed by atoms with E-state index < -0.39 is 0 Å². The first-order valence-corrected chi connectivity index (χ1v) is 10.4. The zero-order valence-electron chi connectivity index (χ0n) is 17.0. The van der Waals surface area contributed by atoms with Crippen LogP contribution >= 0.6 is 11.3 Å². The van der Waals surface area contributed by atoms with E-state index in [0.717, 1.165) is 47.4 Å². The Balaban J connectivity index is 1.57. The van der Waals surface area contributed by atoms with Gasteiger partial charge in [-0.1, -0.05) is 25.1 Å². The van der Waals surface area contributed by atoms with Crippen molar-refractivity contribution in [2.75, 3.05) is 13.6 Å². The van der Waals surface area contributed by atoms with Crippen LogP contribution in [0.4, 0.5) is 0 Å². The summed E-state index contributed by atoms with van der Waals surface area (Å²) in [4.78, 5) is 10.1. The monoisotopic (exact) mass is 396 g/mol. The van der Waals surface area contributed by atoms with Crippen LogP contribution in [0, 0.1) is 13.8 Å². The zero-order chi connectivity index (χ0) is 19.9. The molecule has 0 aliphatic rings. The van der Waals surface area contributed by atoms with Gasteiger partial charge in [-0.25, -0.2) is 9.67 Å². The molecule has 0 atom stereocenters. The summed E-state index contributed by atoms with van der Waals surface area (Å²) >= 11 is 1.78. The molecule has 0 radical (unpaired) electrons. The van der Waals surface area contributed by atoms with Crippen LogP contribution < -0.4 is 10.6 Å². The molecule has 148 valence electrons. The predicted molar refractivity (Wildman–Crippen MR) is 116 cm³/mol. The molecule has 3 rings (SSSR count). The van der Waals surface area contributed by atoms with Crippen LogP contribution in [0.25, 0.3) is 5.69 Å². The minimum atomic E-state index is 0.682. The molecule has 0 saturated heterocycles. The Labute approximate surface area is 170 Å². The average molecular weight is 397 g/mol. The normalized spacial score (nSPS) is 11.6. The summed E-state index contributed by atoms with van der Waals surface area (Å²) in [5, 5.41) is 12.6. The lowest BCUT2D eigenvalue weighted by Gasteiger charge is -2.12. The van der Waals surface area contributed by atoms with E-state index in [1.807, 2.05) is 36.0 Å². The van der Waals surface area contributed by atoms with Gasteiger partial charge >= 0.3 is 0 Å². The average Bonchev–Trinajstić information content (AvgIpc) is 3.29. The van der Waals surface area contributed by atoms with E-state index in [1.54, 1.807) is 18.4 Å². The number of hydrogen-bond donors (Lipinski definition) is 2. The number of benzene rings is 1. The molecule has 0 unspecified atom stereocenters. The fourth-order valence-electron chi connectivity index (χ4n) is 3.06. The molecule has 0 saturated carbocycles. The van der Waals surface area contributed by atoms with Crippen LogP contribution in [-0.2, 0) is 19.4 Å². The molecule has 28 heavy (non-hydrogen) atoms. The minimum absolute atomic E-state index is 0.682. The summed E-state index contributed by atoms with van der Waals surface area (Å²) in [7, 11) is 1.79. The molecule has 6 nitrogen and oxygen atoms in total. The number of hydrogen-bond acceptors (Lipinski definition) is 4. The molecule has 0 spiro atoms. The maximum Gasteiger partial charge on any atom is 0.191 e. The van der Waals surface area contributed by atoms with Crippen LogP contribution in [0.15, 0.2) is 41.5 Å². The highest BCUT2D eigenvalue weighted by Crippen LogP contribution is 2.17. The van der Waals surface area contributed by atoms with E-state index >= 15 is 0 Å². The predicted octanol–water partition coefficient (Wildman–Crippen LogP) is 3.42. The van der Waals surface area contributed by atoms with Gasteiger partial charge in [0.15, 0.2) is 5.96 Å². The van der Waals surface area contributed by atoms with E-state index in [2.05, 4.69) is 46.6 Å². The number of aryl methyl sites for hydroxylation is 2. The van der Waals surface area contributed by atoms with Crippen molar-refractivity contribution in [1.29, 1.82) is 0 Å². The number of guanidine groups is 1. The first-order valence-electron chi connectivity index (χ1n) is 9.61. The van der Waals surface area contributed by atoms with Gasteiger partial charge in [-0.2, -0.15) is 5.10 Å². The molecule has 1 aromatic carbocycles. The Morgan fingerprint density at radius 3 is 2.64 bits per heavy atom. The van der Waals surface area contributed by atoms with E-state index in [-0.39, 0.29) is 0 Å². The van der Waals surface area contributed by atoms with Gasteiger partial charge in [-0.15, -0.1) is 11.3 Å². The number of thiazole rings is 1. The summed E-state index contributed by atoms with van der Waals surface area (Å²) < 4.78 is 2.00. The van der Waals surface area contributed by atoms with Crippen molar-refractivity contribution in [3.63, 3.8) is 0 Å².